The Bertz CT molecular complexity index is 2140. The van der Waals surface area contributed by atoms with Crippen molar-refractivity contribution in [3.05, 3.63) is 131 Å². The largest absolute Gasteiger partial charge is 0.506 e. The predicted octanol–water partition coefficient (Wildman–Crippen LogP) is 14.3. The molecule has 0 unspecified atom stereocenters. The fraction of sp³-hybridized carbons (Fsp3) is 0.333. The van der Waals surface area contributed by atoms with Gasteiger partial charge in [0.1, 0.15) is 22.5 Å². The van der Waals surface area contributed by atoms with Gasteiger partial charge in [0.2, 0.25) is 0 Å². The van der Waals surface area contributed by atoms with Gasteiger partial charge in [-0.2, -0.15) is 0 Å². The molecule has 0 bridgehead atoms. The summed E-state index contributed by atoms with van der Waals surface area (Å²) in [6.45, 7) is 4.59. The molecule has 2 N–H and O–H groups in total. The Morgan fingerprint density at radius 1 is 0.491 bits per heavy atom. The molecule has 4 heteroatoms. The van der Waals surface area contributed by atoms with E-state index in [0.29, 0.717) is 11.0 Å². The molecule has 4 aromatic carbocycles. The molecule has 1 aliphatic rings. The second-order valence-electron chi connectivity index (χ2n) is 15.5. The summed E-state index contributed by atoms with van der Waals surface area (Å²) in [5, 5.41) is 22.8. The van der Waals surface area contributed by atoms with Crippen LogP contribution in [0, 0.1) is 0 Å². The number of phenols is 2. The zero-order valence-electron chi connectivity index (χ0n) is 32.7. The van der Waals surface area contributed by atoms with Gasteiger partial charge in [-0.15, -0.1) is 0 Å². The van der Waals surface area contributed by atoms with E-state index in [4.69, 9.17) is 0 Å². The van der Waals surface area contributed by atoms with Crippen LogP contribution >= 0.6 is 0 Å². The van der Waals surface area contributed by atoms with Gasteiger partial charge >= 0.3 is 0 Å². The molecule has 1 aliphatic carbocycles. The van der Waals surface area contributed by atoms with Gasteiger partial charge in [-0.25, -0.2) is 0 Å². The van der Waals surface area contributed by atoms with Gasteiger partial charge in [-0.1, -0.05) is 176 Å². The Morgan fingerprint density at radius 3 is 1.38 bits per heavy atom. The minimum absolute atomic E-state index is 0.0574. The second-order valence-corrected chi connectivity index (χ2v) is 15.5. The van der Waals surface area contributed by atoms with Crippen molar-refractivity contribution in [2.45, 2.75) is 109 Å². The molecule has 0 amide bonds. The van der Waals surface area contributed by atoms with E-state index in [-0.39, 0.29) is 16.9 Å². The zero-order chi connectivity index (χ0) is 38.0. The molecular formula is C51H56N2O2. The first-order valence-electron chi connectivity index (χ1n) is 20.8. The monoisotopic (exact) mass is 728 g/mol. The lowest BCUT2D eigenvalue weighted by molar-refractivity contribution is 0.398. The maximum absolute atomic E-state index is 10.5. The summed E-state index contributed by atoms with van der Waals surface area (Å²) in [5.41, 5.74) is 11.4. The first-order chi connectivity index (χ1) is 27.0. The van der Waals surface area contributed by atoms with Crippen molar-refractivity contribution in [2.24, 2.45) is 0 Å². The summed E-state index contributed by atoms with van der Waals surface area (Å²) in [5.74, 6) is 0.416. The number of nitrogens with zero attached hydrogens (tertiary/aromatic N) is 2. The molecule has 6 aromatic rings. The number of fused-ring (bicyclic) bond motifs is 5. The summed E-state index contributed by atoms with van der Waals surface area (Å²) in [6, 6.07) is 29.6. The van der Waals surface area contributed by atoms with Crippen LogP contribution < -0.4 is 0 Å². The van der Waals surface area contributed by atoms with Crippen molar-refractivity contribution in [3.63, 3.8) is 0 Å². The van der Waals surface area contributed by atoms with Crippen LogP contribution in [0.5, 0.6) is 11.5 Å². The quantitative estimate of drug-likeness (QED) is 0.0683. The van der Waals surface area contributed by atoms with E-state index in [1.54, 1.807) is 24.5 Å². The molecule has 0 radical (unpaired) electrons. The molecule has 2 aromatic heterocycles. The highest BCUT2D eigenvalue weighted by atomic mass is 16.3. The van der Waals surface area contributed by atoms with E-state index in [9.17, 15) is 10.2 Å². The lowest BCUT2D eigenvalue weighted by Crippen LogP contribution is -2.25. The third kappa shape index (κ3) is 8.39. The summed E-state index contributed by atoms with van der Waals surface area (Å²) >= 11 is 0. The highest BCUT2D eigenvalue weighted by molar-refractivity contribution is 5.95. The van der Waals surface area contributed by atoms with Crippen LogP contribution in [0.25, 0.3) is 57.2 Å². The molecule has 2 heterocycles. The molecule has 282 valence electrons. The molecular weight excluding hydrogens is 673 g/mol. The molecule has 0 saturated heterocycles. The smallest absolute Gasteiger partial charge is 0.141 e. The number of pyridine rings is 2. The molecule has 4 nitrogen and oxygen atoms in total. The number of rotatable bonds is 18. The Balaban J connectivity index is 1.27. The van der Waals surface area contributed by atoms with E-state index in [1.807, 2.05) is 36.4 Å². The average molecular weight is 729 g/mol. The summed E-state index contributed by atoms with van der Waals surface area (Å²) < 4.78 is 0. The number of phenolic OH excluding ortho intramolecular Hbond substituents is 2. The Kier molecular flexibility index (Phi) is 12.4. The van der Waals surface area contributed by atoms with Crippen LogP contribution in [-0.2, 0) is 5.41 Å². The average Bonchev–Trinajstić information content (AvgIpc) is 3.48. The fourth-order valence-corrected chi connectivity index (χ4v) is 8.84. The lowest BCUT2D eigenvalue weighted by Gasteiger charge is -2.33. The molecule has 7 rings (SSSR count). The molecule has 0 aliphatic heterocycles. The molecule has 55 heavy (non-hydrogen) atoms. The van der Waals surface area contributed by atoms with Crippen LogP contribution in [0.1, 0.15) is 137 Å². The molecule has 0 atom stereocenters. The number of unbranched alkanes of at least 4 members (excludes halogenated alkanes) is 10. The van der Waals surface area contributed by atoms with E-state index in [0.717, 1.165) is 34.7 Å². The van der Waals surface area contributed by atoms with Gasteiger partial charge in [-0.05, 0) is 81.6 Å². The van der Waals surface area contributed by atoms with Gasteiger partial charge in [-0.3, -0.25) is 9.97 Å². The van der Waals surface area contributed by atoms with Crippen LogP contribution in [-0.4, -0.2) is 20.2 Å². The van der Waals surface area contributed by atoms with E-state index < -0.39 is 0 Å². The number of aromatic hydroxyl groups is 2. The third-order valence-electron chi connectivity index (χ3n) is 11.8. The van der Waals surface area contributed by atoms with Gasteiger partial charge in [0.05, 0.1) is 0 Å². The van der Waals surface area contributed by atoms with Gasteiger partial charge in [0, 0.05) is 28.6 Å². The SMILES string of the molecule is CCCCCCCCC1(CCCCCCCC)c2cc(/C=C/c3ccc(O)c4ncccc34)ccc2-c2ccc(/C=C/c3ccc(O)c4ncccc34)cc21. The first kappa shape index (κ1) is 38.1. The standard InChI is InChI=1S/C51H56N2O2/c1-3-5-7-9-11-13-31-51(32-14-12-10-8-6-4-2)45-35-37(19-23-39-25-29-47(54)49-41(39)17-15-33-52-49)21-27-43(45)44-28-22-38(36-46(44)51)20-24-40-26-30-48(55)50-42(40)18-16-34-53-50/h15-30,33-36,54-55H,3-14,31-32H2,1-2H3/b23-19+,24-20+. The molecule has 0 saturated carbocycles. The Labute approximate surface area is 327 Å². The van der Waals surface area contributed by atoms with Crippen LogP contribution in [0.2, 0.25) is 0 Å². The normalized spacial score (nSPS) is 13.3. The number of hydrogen-bond donors (Lipinski definition) is 2. The van der Waals surface area contributed by atoms with Crippen molar-refractivity contribution in [3.8, 4) is 22.6 Å². The lowest BCUT2D eigenvalue weighted by atomic mass is 9.70. The van der Waals surface area contributed by atoms with Crippen molar-refractivity contribution in [1.29, 1.82) is 0 Å². The Hall–Kier alpha value is -5.22. The number of hydrogen-bond acceptors (Lipinski definition) is 4. The van der Waals surface area contributed by atoms with Gasteiger partial charge in [0.15, 0.2) is 0 Å². The summed E-state index contributed by atoms with van der Waals surface area (Å²) in [4.78, 5) is 8.88. The van der Waals surface area contributed by atoms with Crippen LogP contribution in [0.4, 0.5) is 0 Å². The second kappa shape index (κ2) is 17.9. The number of benzene rings is 4. The fourth-order valence-electron chi connectivity index (χ4n) is 8.84. The minimum atomic E-state index is -0.0574. The zero-order valence-corrected chi connectivity index (χ0v) is 32.7. The van der Waals surface area contributed by atoms with Gasteiger partial charge < -0.3 is 10.2 Å². The summed E-state index contributed by atoms with van der Waals surface area (Å²) in [6.07, 6.45) is 30.0. The Morgan fingerprint density at radius 2 is 0.927 bits per heavy atom. The minimum Gasteiger partial charge on any atom is -0.506 e. The van der Waals surface area contributed by atoms with Crippen molar-refractivity contribution in [1.82, 2.24) is 9.97 Å². The summed E-state index contributed by atoms with van der Waals surface area (Å²) in [7, 11) is 0. The molecule has 0 spiro atoms. The first-order valence-corrected chi connectivity index (χ1v) is 20.8. The number of aromatic nitrogens is 2. The maximum Gasteiger partial charge on any atom is 0.141 e. The predicted molar refractivity (Wildman–Crippen MR) is 233 cm³/mol. The maximum atomic E-state index is 10.5. The highest BCUT2D eigenvalue weighted by Gasteiger charge is 2.42. The van der Waals surface area contributed by atoms with E-state index >= 15 is 0 Å². The topological polar surface area (TPSA) is 66.2 Å². The van der Waals surface area contributed by atoms with Gasteiger partial charge in [0.25, 0.3) is 0 Å². The highest BCUT2D eigenvalue weighted by Crippen LogP contribution is 2.55. The van der Waals surface area contributed by atoms with Crippen LogP contribution in [0.15, 0.2) is 97.3 Å². The molecule has 0 fully saturated rings. The van der Waals surface area contributed by atoms with E-state index in [1.165, 1.54) is 110 Å². The van der Waals surface area contributed by atoms with Crippen LogP contribution in [0.3, 0.4) is 0 Å². The van der Waals surface area contributed by atoms with Crippen molar-refractivity contribution < 1.29 is 10.2 Å². The van der Waals surface area contributed by atoms with E-state index in [2.05, 4.69) is 84.5 Å². The third-order valence-corrected chi connectivity index (χ3v) is 11.8. The van der Waals surface area contributed by atoms with Crippen molar-refractivity contribution in [2.75, 3.05) is 0 Å². The van der Waals surface area contributed by atoms with Crippen molar-refractivity contribution >= 4 is 46.1 Å².